The summed E-state index contributed by atoms with van der Waals surface area (Å²) in [6.45, 7) is 3.33. The number of aliphatic hydroxyl groups is 1. The number of rotatable bonds is 4. The van der Waals surface area contributed by atoms with Crippen LogP contribution in [0, 0.1) is 5.92 Å². The molecule has 0 aliphatic carbocycles. The lowest BCUT2D eigenvalue weighted by atomic mass is 9.96. The van der Waals surface area contributed by atoms with Gasteiger partial charge in [-0.3, -0.25) is 14.4 Å². The minimum atomic E-state index is -0.472. The van der Waals surface area contributed by atoms with E-state index in [4.69, 9.17) is 10.8 Å². The summed E-state index contributed by atoms with van der Waals surface area (Å²) >= 11 is 0. The van der Waals surface area contributed by atoms with Crippen molar-refractivity contribution in [2.45, 2.75) is 39.2 Å². The maximum absolute atomic E-state index is 10.7. The first kappa shape index (κ1) is 16.7. The third-order valence-electron chi connectivity index (χ3n) is 2.68. The van der Waals surface area contributed by atoms with Crippen molar-refractivity contribution < 1.29 is 24.2 Å². The first-order valence-corrected chi connectivity index (χ1v) is 5.91. The summed E-state index contributed by atoms with van der Waals surface area (Å²) in [6, 6.07) is -0.472. The van der Waals surface area contributed by atoms with Crippen LogP contribution in [0.2, 0.25) is 0 Å². The van der Waals surface area contributed by atoms with E-state index in [1.165, 1.54) is 13.8 Å². The summed E-state index contributed by atoms with van der Waals surface area (Å²) in [5.74, 6) is -0.302. The first-order valence-electron chi connectivity index (χ1n) is 5.91. The van der Waals surface area contributed by atoms with Crippen LogP contribution in [0.4, 0.5) is 0 Å². The molecule has 0 radical (unpaired) electrons. The van der Waals surface area contributed by atoms with Crippen molar-refractivity contribution in [2.75, 3.05) is 13.2 Å². The summed E-state index contributed by atoms with van der Waals surface area (Å²) in [4.78, 5) is 31.6. The monoisotopic (exact) mass is 259 g/mol. The fourth-order valence-corrected chi connectivity index (χ4v) is 1.37. The SMILES string of the molecule is CC(=O)[C@@H](N)CCO.CC(=O)[C@@H]1CCOC(=O)C1. The van der Waals surface area contributed by atoms with Gasteiger partial charge < -0.3 is 15.6 Å². The number of nitrogens with two attached hydrogens (primary N) is 1. The van der Waals surface area contributed by atoms with Crippen LogP contribution in [0.15, 0.2) is 0 Å². The largest absolute Gasteiger partial charge is 0.466 e. The fourth-order valence-electron chi connectivity index (χ4n) is 1.37. The van der Waals surface area contributed by atoms with Crippen LogP contribution in [-0.2, 0) is 19.1 Å². The molecule has 0 aromatic rings. The first-order chi connectivity index (χ1) is 8.38. The smallest absolute Gasteiger partial charge is 0.306 e. The zero-order valence-electron chi connectivity index (χ0n) is 10.8. The standard InChI is InChI=1S/C7H10O3.C5H11NO2/c1-5(8)6-2-3-10-7(9)4-6;1-4(8)5(6)2-3-7/h6H,2-4H2,1H3;5,7H,2-3,6H2,1H3/t6-;5-/m10/s1. The number of Topliss-reactive ketones (excluding diaryl/α,β-unsaturated/α-hetero) is 2. The lowest BCUT2D eigenvalue weighted by Gasteiger charge is -2.17. The van der Waals surface area contributed by atoms with Gasteiger partial charge in [0, 0.05) is 12.5 Å². The second-order valence-corrected chi connectivity index (χ2v) is 4.25. The molecule has 104 valence electrons. The van der Waals surface area contributed by atoms with Crippen molar-refractivity contribution in [3.05, 3.63) is 0 Å². The maximum atomic E-state index is 10.7. The molecule has 0 aromatic carbocycles. The zero-order valence-corrected chi connectivity index (χ0v) is 10.8. The molecule has 0 bridgehead atoms. The molecule has 1 aliphatic rings. The van der Waals surface area contributed by atoms with E-state index in [0.717, 1.165) is 0 Å². The van der Waals surface area contributed by atoms with Gasteiger partial charge in [-0.15, -0.1) is 0 Å². The third-order valence-corrected chi connectivity index (χ3v) is 2.68. The molecule has 0 unspecified atom stereocenters. The highest BCUT2D eigenvalue weighted by Crippen LogP contribution is 2.15. The molecule has 6 heteroatoms. The molecule has 1 saturated heterocycles. The van der Waals surface area contributed by atoms with E-state index in [1.807, 2.05) is 0 Å². The summed E-state index contributed by atoms with van der Waals surface area (Å²) in [5.41, 5.74) is 5.22. The average Bonchev–Trinajstić information content (AvgIpc) is 2.30. The van der Waals surface area contributed by atoms with E-state index in [9.17, 15) is 14.4 Å². The van der Waals surface area contributed by atoms with Crippen LogP contribution in [0.5, 0.6) is 0 Å². The predicted octanol–water partition coefficient (Wildman–Crippen LogP) is -0.186. The van der Waals surface area contributed by atoms with Crippen LogP contribution in [0.25, 0.3) is 0 Å². The second kappa shape index (κ2) is 8.77. The normalized spacial score (nSPS) is 20.2. The molecule has 1 fully saturated rings. The molecule has 6 nitrogen and oxygen atoms in total. The Morgan fingerprint density at radius 2 is 2.11 bits per heavy atom. The molecule has 0 spiro atoms. The Balaban J connectivity index is 0.000000331. The molecule has 18 heavy (non-hydrogen) atoms. The summed E-state index contributed by atoms with van der Waals surface area (Å²) in [6.07, 6.45) is 1.34. The van der Waals surface area contributed by atoms with E-state index >= 15 is 0 Å². The number of ether oxygens (including phenoxy) is 1. The Bertz CT molecular complexity index is 301. The lowest BCUT2D eigenvalue weighted by molar-refractivity contribution is -0.151. The van der Waals surface area contributed by atoms with Gasteiger partial charge >= 0.3 is 5.97 Å². The lowest BCUT2D eigenvalue weighted by Crippen LogP contribution is -2.28. The molecule has 1 heterocycles. The van der Waals surface area contributed by atoms with Crippen LogP contribution in [0.1, 0.15) is 33.1 Å². The Hall–Kier alpha value is -1.27. The zero-order chi connectivity index (χ0) is 14.1. The van der Waals surface area contributed by atoms with Crippen molar-refractivity contribution in [3.8, 4) is 0 Å². The minimum absolute atomic E-state index is 0.0131. The number of hydrogen-bond acceptors (Lipinski definition) is 6. The number of carbonyl (C=O) groups excluding carboxylic acids is 3. The van der Waals surface area contributed by atoms with Gasteiger partial charge in [0.1, 0.15) is 11.6 Å². The van der Waals surface area contributed by atoms with Gasteiger partial charge in [0.2, 0.25) is 0 Å². The van der Waals surface area contributed by atoms with Crippen LogP contribution in [-0.4, -0.2) is 41.9 Å². The topological polar surface area (TPSA) is 107 Å². The molecule has 0 aromatic heterocycles. The molecule has 0 saturated carbocycles. The maximum Gasteiger partial charge on any atom is 0.306 e. The van der Waals surface area contributed by atoms with Gasteiger partial charge in [0.25, 0.3) is 0 Å². The second-order valence-electron chi connectivity index (χ2n) is 4.25. The van der Waals surface area contributed by atoms with Crippen LogP contribution >= 0.6 is 0 Å². The highest BCUT2D eigenvalue weighted by molar-refractivity contribution is 5.84. The van der Waals surface area contributed by atoms with Crippen molar-refractivity contribution in [3.63, 3.8) is 0 Å². The van der Waals surface area contributed by atoms with Crippen molar-refractivity contribution >= 4 is 17.5 Å². The van der Waals surface area contributed by atoms with E-state index in [2.05, 4.69) is 4.74 Å². The highest BCUT2D eigenvalue weighted by Gasteiger charge is 2.23. The number of ketones is 2. The molecular weight excluding hydrogens is 238 g/mol. The van der Waals surface area contributed by atoms with Gasteiger partial charge in [-0.25, -0.2) is 0 Å². The highest BCUT2D eigenvalue weighted by atomic mass is 16.5. The minimum Gasteiger partial charge on any atom is -0.466 e. The van der Waals surface area contributed by atoms with Gasteiger partial charge in [-0.2, -0.15) is 0 Å². The number of hydrogen-bond donors (Lipinski definition) is 2. The van der Waals surface area contributed by atoms with Gasteiger partial charge in [0.05, 0.1) is 19.1 Å². The van der Waals surface area contributed by atoms with Crippen LogP contribution in [0.3, 0.4) is 0 Å². The average molecular weight is 259 g/mol. The number of carbonyl (C=O) groups is 3. The van der Waals surface area contributed by atoms with E-state index < -0.39 is 6.04 Å². The summed E-state index contributed by atoms with van der Waals surface area (Å²) in [5, 5.41) is 8.25. The molecule has 1 rings (SSSR count). The van der Waals surface area contributed by atoms with E-state index in [-0.39, 0.29) is 36.5 Å². The number of aliphatic hydroxyl groups excluding tert-OH is 1. The molecule has 2 atom stereocenters. The molecule has 3 N–H and O–H groups in total. The Kier molecular flexibility index (Phi) is 8.15. The van der Waals surface area contributed by atoms with E-state index in [1.54, 1.807) is 0 Å². The fraction of sp³-hybridized carbons (Fsp3) is 0.750. The molecular formula is C12H21NO5. The summed E-state index contributed by atoms with van der Waals surface area (Å²) in [7, 11) is 0. The van der Waals surface area contributed by atoms with Gasteiger partial charge in [-0.1, -0.05) is 0 Å². The van der Waals surface area contributed by atoms with Crippen LogP contribution < -0.4 is 5.73 Å². The summed E-state index contributed by atoms with van der Waals surface area (Å²) < 4.78 is 4.67. The van der Waals surface area contributed by atoms with Crippen molar-refractivity contribution in [1.29, 1.82) is 0 Å². The predicted molar refractivity (Wildman–Crippen MR) is 64.7 cm³/mol. The third kappa shape index (κ3) is 7.13. The quantitative estimate of drug-likeness (QED) is 0.678. The molecule has 0 amide bonds. The Morgan fingerprint density at radius 1 is 1.50 bits per heavy atom. The Labute approximate surface area is 106 Å². The van der Waals surface area contributed by atoms with Crippen molar-refractivity contribution in [2.24, 2.45) is 11.7 Å². The number of esters is 1. The van der Waals surface area contributed by atoms with Gasteiger partial charge in [-0.05, 0) is 26.7 Å². The van der Waals surface area contributed by atoms with Gasteiger partial charge in [0.15, 0.2) is 0 Å². The molecule has 1 aliphatic heterocycles. The van der Waals surface area contributed by atoms with Crippen molar-refractivity contribution in [1.82, 2.24) is 0 Å². The Morgan fingerprint density at radius 3 is 2.39 bits per heavy atom. The van der Waals surface area contributed by atoms with E-state index in [0.29, 0.717) is 19.4 Å². The number of cyclic esters (lactones) is 1.